The van der Waals surface area contributed by atoms with Crippen LogP contribution in [0.25, 0.3) is 0 Å². The lowest BCUT2D eigenvalue weighted by molar-refractivity contribution is 0.0725. The smallest absolute Gasteiger partial charge is 0.257 e. The number of amides is 1. The molecule has 0 spiro atoms. The molecule has 1 N–H and O–H groups in total. The second-order valence-corrected chi connectivity index (χ2v) is 8.42. The minimum absolute atomic E-state index is 0.0306. The molecular weight excluding hydrogens is 383 g/mol. The zero-order chi connectivity index (χ0) is 20.3. The van der Waals surface area contributed by atoms with Crippen LogP contribution >= 0.6 is 0 Å². The predicted molar refractivity (Wildman–Crippen MR) is 103 cm³/mol. The Morgan fingerprint density at radius 1 is 1.21 bits per heavy atom. The van der Waals surface area contributed by atoms with E-state index in [4.69, 9.17) is 4.74 Å². The highest BCUT2D eigenvalue weighted by molar-refractivity contribution is 7.89. The van der Waals surface area contributed by atoms with Crippen molar-refractivity contribution in [3.8, 4) is 5.75 Å². The Hall–Kier alpha value is -2.45. The Morgan fingerprint density at radius 3 is 2.46 bits per heavy atom. The van der Waals surface area contributed by atoms with Crippen LogP contribution in [0, 0.1) is 5.82 Å². The van der Waals surface area contributed by atoms with Crippen LogP contribution in [0.5, 0.6) is 5.75 Å². The Bertz CT molecular complexity index is 957. The summed E-state index contributed by atoms with van der Waals surface area (Å²) in [5.41, 5.74) is 0.650. The number of hydrogen-bond donors (Lipinski definition) is 1. The highest BCUT2D eigenvalue weighted by Gasteiger charge is 2.34. The summed E-state index contributed by atoms with van der Waals surface area (Å²) in [5, 5.41) is 0. The number of methoxy groups -OCH3 is 1. The molecule has 0 aromatic heterocycles. The first-order valence-corrected chi connectivity index (χ1v) is 10.6. The Kier molecular flexibility index (Phi) is 6.00. The van der Waals surface area contributed by atoms with Gasteiger partial charge >= 0.3 is 0 Å². The molecule has 1 aliphatic carbocycles. The van der Waals surface area contributed by atoms with E-state index >= 15 is 0 Å². The maximum atomic E-state index is 14.4. The average molecular weight is 406 g/mol. The second kappa shape index (κ2) is 8.28. The summed E-state index contributed by atoms with van der Waals surface area (Å²) >= 11 is 0. The van der Waals surface area contributed by atoms with E-state index in [2.05, 4.69) is 4.72 Å². The number of carbonyl (C=O) groups is 1. The van der Waals surface area contributed by atoms with Crippen molar-refractivity contribution < 1.29 is 22.3 Å². The van der Waals surface area contributed by atoms with Gasteiger partial charge in [0.2, 0.25) is 10.0 Å². The number of rotatable bonds is 8. The van der Waals surface area contributed by atoms with Crippen LogP contribution in [-0.2, 0) is 16.6 Å². The van der Waals surface area contributed by atoms with Crippen molar-refractivity contribution in [2.24, 2.45) is 0 Å². The Morgan fingerprint density at radius 2 is 1.89 bits per heavy atom. The maximum absolute atomic E-state index is 14.4. The summed E-state index contributed by atoms with van der Waals surface area (Å²) in [7, 11) is -2.21. The van der Waals surface area contributed by atoms with Crippen molar-refractivity contribution in [3.05, 3.63) is 59.4 Å². The third-order valence-corrected chi connectivity index (χ3v) is 6.12. The summed E-state index contributed by atoms with van der Waals surface area (Å²) in [5.74, 6) is -0.536. The highest BCUT2D eigenvalue weighted by atomic mass is 32.2. The summed E-state index contributed by atoms with van der Waals surface area (Å²) < 4.78 is 46.3. The maximum Gasteiger partial charge on any atom is 0.257 e. The van der Waals surface area contributed by atoms with Gasteiger partial charge in [-0.15, -0.1) is 0 Å². The monoisotopic (exact) mass is 406 g/mol. The minimum Gasteiger partial charge on any atom is -0.497 e. The van der Waals surface area contributed by atoms with E-state index in [-0.39, 0.29) is 23.0 Å². The lowest BCUT2D eigenvalue weighted by Crippen LogP contribution is -2.33. The van der Waals surface area contributed by atoms with Gasteiger partial charge in [-0.1, -0.05) is 19.1 Å². The molecule has 0 heterocycles. The molecule has 8 heteroatoms. The van der Waals surface area contributed by atoms with Crippen molar-refractivity contribution in [2.75, 3.05) is 13.7 Å². The molecule has 0 unspecified atom stereocenters. The quantitative estimate of drug-likeness (QED) is 0.731. The van der Waals surface area contributed by atoms with Crippen molar-refractivity contribution in [1.29, 1.82) is 0 Å². The van der Waals surface area contributed by atoms with Crippen LogP contribution in [-0.4, -0.2) is 38.9 Å². The first-order chi connectivity index (χ1) is 13.4. The number of nitrogens with zero attached hydrogens (tertiary/aromatic N) is 1. The molecule has 0 saturated heterocycles. The first kappa shape index (κ1) is 20.3. The van der Waals surface area contributed by atoms with Gasteiger partial charge in [-0.25, -0.2) is 17.5 Å². The first-order valence-electron chi connectivity index (χ1n) is 9.09. The van der Waals surface area contributed by atoms with E-state index in [0.717, 1.165) is 36.6 Å². The van der Waals surface area contributed by atoms with Crippen molar-refractivity contribution >= 4 is 15.9 Å². The number of hydrogen-bond acceptors (Lipinski definition) is 4. The fraction of sp³-hybridized carbons (Fsp3) is 0.350. The number of sulfonamides is 1. The zero-order valence-electron chi connectivity index (χ0n) is 15.8. The summed E-state index contributed by atoms with van der Waals surface area (Å²) in [6.45, 7) is 2.17. The third-order valence-electron chi connectivity index (χ3n) is 4.57. The van der Waals surface area contributed by atoms with E-state index in [1.807, 2.05) is 12.1 Å². The SMILES string of the molecule is CCNS(=O)(=O)c1ccc(F)c(C(=O)N(Cc2ccc(OC)cc2)C2CC2)c1. The molecule has 150 valence electrons. The Balaban J connectivity index is 1.89. The van der Waals surface area contributed by atoms with Gasteiger partial charge in [-0.3, -0.25) is 4.79 Å². The summed E-state index contributed by atoms with van der Waals surface area (Å²) in [6.07, 6.45) is 1.69. The van der Waals surface area contributed by atoms with Gasteiger partial charge in [0.05, 0.1) is 17.6 Å². The number of nitrogens with one attached hydrogen (secondary N) is 1. The molecule has 1 aliphatic rings. The second-order valence-electron chi connectivity index (χ2n) is 6.66. The molecule has 6 nitrogen and oxygen atoms in total. The summed E-state index contributed by atoms with van der Waals surface area (Å²) in [6, 6.07) is 10.6. The minimum atomic E-state index is -3.78. The zero-order valence-corrected chi connectivity index (χ0v) is 16.6. The predicted octanol–water partition coefficient (Wildman–Crippen LogP) is 2.94. The van der Waals surface area contributed by atoms with Crippen LogP contribution in [0.3, 0.4) is 0 Å². The highest BCUT2D eigenvalue weighted by Crippen LogP contribution is 2.31. The topological polar surface area (TPSA) is 75.7 Å². The van der Waals surface area contributed by atoms with Gasteiger partial charge in [0.1, 0.15) is 11.6 Å². The fourth-order valence-electron chi connectivity index (χ4n) is 2.94. The van der Waals surface area contributed by atoms with Gasteiger partial charge in [0.15, 0.2) is 0 Å². The third kappa shape index (κ3) is 4.51. The molecule has 1 amide bonds. The number of carbonyl (C=O) groups excluding carboxylic acids is 1. The number of halogens is 1. The molecule has 0 radical (unpaired) electrons. The van der Waals surface area contributed by atoms with Gasteiger partial charge in [0.25, 0.3) is 5.91 Å². The van der Waals surface area contributed by atoms with E-state index < -0.39 is 21.7 Å². The summed E-state index contributed by atoms with van der Waals surface area (Å²) in [4.78, 5) is 14.5. The lowest BCUT2D eigenvalue weighted by atomic mass is 10.1. The Labute approximate surface area is 164 Å². The van der Waals surface area contributed by atoms with Crippen molar-refractivity contribution in [2.45, 2.75) is 37.2 Å². The van der Waals surface area contributed by atoms with Crippen LogP contribution in [0.1, 0.15) is 35.7 Å². The lowest BCUT2D eigenvalue weighted by Gasteiger charge is -2.23. The standard InChI is InChI=1S/C20H23FN2O4S/c1-3-22-28(25,26)17-10-11-19(21)18(12-17)20(24)23(15-6-7-15)13-14-4-8-16(27-2)9-5-14/h4-5,8-12,15,22H,3,6-7,13H2,1-2H3. The molecule has 0 bridgehead atoms. The molecular formula is C20H23FN2O4S. The molecule has 1 saturated carbocycles. The van der Waals surface area contributed by atoms with Gasteiger partial charge < -0.3 is 9.64 Å². The molecule has 28 heavy (non-hydrogen) atoms. The normalized spacial score (nSPS) is 14.0. The van der Waals surface area contributed by atoms with Gasteiger partial charge in [-0.05, 0) is 48.7 Å². The van der Waals surface area contributed by atoms with Crippen molar-refractivity contribution in [3.63, 3.8) is 0 Å². The molecule has 3 rings (SSSR count). The molecule has 2 aromatic carbocycles. The van der Waals surface area contributed by atoms with Crippen LogP contribution < -0.4 is 9.46 Å². The van der Waals surface area contributed by atoms with Crippen LogP contribution in [0.2, 0.25) is 0 Å². The van der Waals surface area contributed by atoms with Crippen LogP contribution in [0.15, 0.2) is 47.4 Å². The van der Waals surface area contributed by atoms with E-state index in [9.17, 15) is 17.6 Å². The molecule has 1 fully saturated rings. The fourth-order valence-corrected chi connectivity index (χ4v) is 4.01. The molecule has 2 aromatic rings. The largest absolute Gasteiger partial charge is 0.497 e. The van der Waals surface area contributed by atoms with Gasteiger partial charge in [0, 0.05) is 19.1 Å². The van der Waals surface area contributed by atoms with E-state index in [0.29, 0.717) is 12.3 Å². The van der Waals surface area contributed by atoms with Crippen LogP contribution in [0.4, 0.5) is 4.39 Å². The van der Waals surface area contributed by atoms with Crippen molar-refractivity contribution in [1.82, 2.24) is 9.62 Å². The molecule has 0 atom stereocenters. The average Bonchev–Trinajstić information content (AvgIpc) is 3.51. The number of benzene rings is 2. The number of ether oxygens (including phenoxy) is 1. The molecule has 0 aliphatic heterocycles. The van der Waals surface area contributed by atoms with Gasteiger partial charge in [-0.2, -0.15) is 0 Å². The van der Waals surface area contributed by atoms with E-state index in [1.165, 1.54) is 0 Å². The van der Waals surface area contributed by atoms with E-state index in [1.54, 1.807) is 31.1 Å².